The Morgan fingerprint density at radius 3 is 2.91 bits per heavy atom. The molecule has 0 bridgehead atoms. The van der Waals surface area contributed by atoms with E-state index in [0.29, 0.717) is 12.6 Å². The van der Waals surface area contributed by atoms with Crippen molar-refractivity contribution in [3.05, 3.63) is 29.8 Å². The van der Waals surface area contributed by atoms with Gasteiger partial charge >= 0.3 is 6.03 Å². The lowest BCUT2D eigenvalue weighted by Crippen LogP contribution is -2.48. The van der Waals surface area contributed by atoms with E-state index in [1.165, 1.54) is 0 Å². The van der Waals surface area contributed by atoms with Gasteiger partial charge < -0.3 is 21.1 Å². The summed E-state index contributed by atoms with van der Waals surface area (Å²) in [6.07, 6.45) is 2.93. The van der Waals surface area contributed by atoms with E-state index in [1.54, 1.807) is 0 Å². The molecule has 1 saturated carbocycles. The number of rotatable bonds is 6. The first kappa shape index (κ1) is 17.6. The number of hydrogen-bond acceptors (Lipinski definition) is 3. The highest BCUT2D eigenvalue weighted by Gasteiger charge is 2.39. The molecule has 0 heterocycles. The van der Waals surface area contributed by atoms with Gasteiger partial charge in [-0.2, -0.15) is 0 Å². The lowest BCUT2D eigenvalue weighted by Gasteiger charge is -2.30. The van der Waals surface area contributed by atoms with Crippen LogP contribution in [0, 0.1) is 5.41 Å². The molecule has 2 rings (SSSR count). The number of urea groups is 1. The molecule has 2 unspecified atom stereocenters. The van der Waals surface area contributed by atoms with Gasteiger partial charge in [0.1, 0.15) is 0 Å². The second-order valence-electron chi connectivity index (χ2n) is 7.08. The van der Waals surface area contributed by atoms with Crippen molar-refractivity contribution in [2.75, 3.05) is 11.9 Å². The Morgan fingerprint density at radius 2 is 2.22 bits per heavy atom. The Bertz CT molecular complexity index is 533. The third-order valence-corrected chi connectivity index (χ3v) is 4.58. The van der Waals surface area contributed by atoms with E-state index in [0.717, 1.165) is 30.5 Å². The van der Waals surface area contributed by atoms with Crippen LogP contribution in [0.1, 0.15) is 45.6 Å². The molecule has 0 aromatic heterocycles. The second kappa shape index (κ2) is 7.68. The maximum Gasteiger partial charge on any atom is 0.315 e. The summed E-state index contributed by atoms with van der Waals surface area (Å²) in [5.74, 6) is 0. The summed E-state index contributed by atoms with van der Waals surface area (Å²) in [4.78, 5) is 12.1. The highest BCUT2D eigenvalue weighted by Crippen LogP contribution is 2.37. The van der Waals surface area contributed by atoms with Crippen LogP contribution in [0.25, 0.3) is 0 Å². The summed E-state index contributed by atoms with van der Waals surface area (Å²) in [5.41, 5.74) is 1.92. The van der Waals surface area contributed by atoms with Crippen LogP contribution in [0.15, 0.2) is 24.3 Å². The second-order valence-corrected chi connectivity index (χ2v) is 7.08. The van der Waals surface area contributed by atoms with Crippen LogP contribution in [0.3, 0.4) is 0 Å². The van der Waals surface area contributed by atoms with E-state index < -0.39 is 0 Å². The van der Waals surface area contributed by atoms with Gasteiger partial charge in [0.25, 0.3) is 0 Å². The lowest BCUT2D eigenvalue weighted by atomic mass is 9.86. The first-order chi connectivity index (χ1) is 10.9. The number of amides is 2. The summed E-state index contributed by atoms with van der Waals surface area (Å²) >= 11 is 0. The van der Waals surface area contributed by atoms with Crippen LogP contribution in [-0.2, 0) is 6.54 Å². The zero-order valence-corrected chi connectivity index (χ0v) is 14.4. The average molecular weight is 319 g/mol. The highest BCUT2D eigenvalue weighted by molar-refractivity contribution is 5.74. The fourth-order valence-corrected chi connectivity index (χ4v) is 3.16. The Balaban J connectivity index is 1.85. The molecule has 23 heavy (non-hydrogen) atoms. The first-order valence-electron chi connectivity index (χ1n) is 8.43. The molecule has 0 radical (unpaired) electrons. The fourth-order valence-electron chi connectivity index (χ4n) is 3.16. The van der Waals surface area contributed by atoms with E-state index in [4.69, 9.17) is 0 Å². The normalized spacial score (nSPS) is 23.8. The molecule has 0 spiro atoms. The average Bonchev–Trinajstić information content (AvgIpc) is 2.87. The van der Waals surface area contributed by atoms with Crippen LogP contribution in [0.5, 0.6) is 0 Å². The van der Waals surface area contributed by atoms with Gasteiger partial charge in [-0.15, -0.1) is 0 Å². The minimum absolute atomic E-state index is 0.0430. The SMILES string of the molecule is CC(C)Nc1cccc(CNC(=O)NC2CCCC2(C)CO)c1. The first-order valence-corrected chi connectivity index (χ1v) is 8.43. The zero-order valence-electron chi connectivity index (χ0n) is 14.4. The maximum absolute atomic E-state index is 12.1. The van der Waals surface area contributed by atoms with Crippen molar-refractivity contribution in [2.24, 2.45) is 5.41 Å². The molecule has 0 saturated heterocycles. The minimum Gasteiger partial charge on any atom is -0.396 e. The lowest BCUT2D eigenvalue weighted by molar-refractivity contribution is 0.121. The smallest absolute Gasteiger partial charge is 0.315 e. The molecule has 1 aliphatic carbocycles. The van der Waals surface area contributed by atoms with Crippen molar-refractivity contribution < 1.29 is 9.90 Å². The van der Waals surface area contributed by atoms with Crippen molar-refractivity contribution in [1.82, 2.24) is 10.6 Å². The van der Waals surface area contributed by atoms with Crippen molar-refractivity contribution >= 4 is 11.7 Å². The molecule has 2 atom stereocenters. The molecule has 1 aromatic rings. The van der Waals surface area contributed by atoms with Gasteiger partial charge in [-0.25, -0.2) is 4.79 Å². The molecule has 5 nitrogen and oxygen atoms in total. The van der Waals surface area contributed by atoms with Gasteiger partial charge in [-0.3, -0.25) is 0 Å². The van der Waals surface area contributed by atoms with E-state index in [-0.39, 0.29) is 24.1 Å². The number of nitrogens with one attached hydrogen (secondary N) is 3. The molecule has 5 heteroatoms. The molecule has 1 aliphatic rings. The number of aliphatic hydroxyl groups is 1. The molecular formula is C18H29N3O2. The molecule has 0 aliphatic heterocycles. The van der Waals surface area contributed by atoms with E-state index in [9.17, 15) is 9.90 Å². The number of hydrogen-bond donors (Lipinski definition) is 4. The van der Waals surface area contributed by atoms with Gasteiger partial charge in [0.05, 0.1) is 6.61 Å². The van der Waals surface area contributed by atoms with Gasteiger partial charge in [-0.1, -0.05) is 25.5 Å². The van der Waals surface area contributed by atoms with Gasteiger partial charge in [0, 0.05) is 29.7 Å². The minimum atomic E-state index is -0.196. The van der Waals surface area contributed by atoms with Crippen molar-refractivity contribution in [3.63, 3.8) is 0 Å². The predicted octanol–water partition coefficient (Wildman–Crippen LogP) is 2.86. The van der Waals surface area contributed by atoms with Crippen LogP contribution in [0.2, 0.25) is 0 Å². The molecular weight excluding hydrogens is 290 g/mol. The summed E-state index contributed by atoms with van der Waals surface area (Å²) in [6.45, 7) is 6.82. The highest BCUT2D eigenvalue weighted by atomic mass is 16.3. The summed E-state index contributed by atoms with van der Waals surface area (Å²) in [6, 6.07) is 8.31. The Labute approximate surface area is 138 Å². The van der Waals surface area contributed by atoms with Crippen LogP contribution in [-0.4, -0.2) is 29.8 Å². The molecule has 2 amide bonds. The number of carbonyl (C=O) groups excluding carboxylic acids is 1. The van der Waals surface area contributed by atoms with E-state index in [2.05, 4.69) is 29.8 Å². The van der Waals surface area contributed by atoms with Crippen LogP contribution in [0.4, 0.5) is 10.5 Å². The van der Waals surface area contributed by atoms with Gasteiger partial charge in [-0.05, 0) is 44.4 Å². The quantitative estimate of drug-likeness (QED) is 0.651. The van der Waals surface area contributed by atoms with E-state index >= 15 is 0 Å². The summed E-state index contributed by atoms with van der Waals surface area (Å²) in [7, 11) is 0. The molecule has 1 aromatic carbocycles. The number of benzene rings is 1. The molecule has 1 fully saturated rings. The molecule has 128 valence electrons. The Kier molecular flexibility index (Phi) is 5.88. The maximum atomic E-state index is 12.1. The van der Waals surface area contributed by atoms with Gasteiger partial charge in [0.15, 0.2) is 0 Å². The van der Waals surface area contributed by atoms with Crippen LogP contribution < -0.4 is 16.0 Å². The van der Waals surface area contributed by atoms with Crippen molar-refractivity contribution in [3.8, 4) is 0 Å². The summed E-state index contributed by atoms with van der Waals surface area (Å²) < 4.78 is 0. The number of carbonyl (C=O) groups is 1. The number of aliphatic hydroxyl groups excluding tert-OH is 1. The monoisotopic (exact) mass is 319 g/mol. The third kappa shape index (κ3) is 4.86. The topological polar surface area (TPSA) is 73.4 Å². The van der Waals surface area contributed by atoms with Crippen LogP contribution >= 0.6 is 0 Å². The fraction of sp³-hybridized carbons (Fsp3) is 0.611. The van der Waals surface area contributed by atoms with E-state index in [1.807, 2.05) is 31.2 Å². The largest absolute Gasteiger partial charge is 0.396 e. The van der Waals surface area contributed by atoms with Gasteiger partial charge in [0.2, 0.25) is 0 Å². The Morgan fingerprint density at radius 1 is 1.43 bits per heavy atom. The molecule has 4 N–H and O–H groups in total. The summed E-state index contributed by atoms with van der Waals surface area (Å²) in [5, 5.41) is 18.8. The third-order valence-electron chi connectivity index (χ3n) is 4.58. The predicted molar refractivity (Wildman–Crippen MR) is 93.4 cm³/mol. The standard InChI is InChI=1S/C18H29N3O2/c1-13(2)20-15-7-4-6-14(10-15)11-19-17(23)21-16-8-5-9-18(16,3)12-22/h4,6-7,10,13,16,20,22H,5,8-9,11-12H2,1-3H3,(H2,19,21,23). The van der Waals surface area contributed by atoms with Crippen molar-refractivity contribution in [1.29, 1.82) is 0 Å². The number of anilines is 1. The van der Waals surface area contributed by atoms with Crippen molar-refractivity contribution in [2.45, 2.75) is 58.7 Å². The zero-order chi connectivity index (χ0) is 16.9. The Hall–Kier alpha value is -1.75.